The van der Waals surface area contributed by atoms with Gasteiger partial charge in [-0.15, -0.1) is 0 Å². The number of aryl methyl sites for hydroxylation is 1. The van der Waals surface area contributed by atoms with Crippen LogP contribution in [-0.4, -0.2) is 20.3 Å². The Morgan fingerprint density at radius 3 is 2.45 bits per heavy atom. The molecule has 0 aliphatic carbocycles. The summed E-state index contributed by atoms with van der Waals surface area (Å²) in [6.07, 6.45) is 0.900. The van der Waals surface area contributed by atoms with Crippen molar-refractivity contribution < 1.29 is 14.2 Å². The van der Waals surface area contributed by atoms with Crippen LogP contribution in [0.15, 0.2) is 65.1 Å². The van der Waals surface area contributed by atoms with E-state index in [-0.39, 0.29) is 0 Å². The molecule has 31 heavy (non-hydrogen) atoms. The lowest BCUT2D eigenvalue weighted by molar-refractivity contribution is 0.269. The number of rotatable bonds is 11. The van der Waals surface area contributed by atoms with Crippen LogP contribution in [0, 0.1) is 6.92 Å². The van der Waals surface area contributed by atoms with Crippen molar-refractivity contribution in [1.82, 2.24) is 5.32 Å². The van der Waals surface area contributed by atoms with Gasteiger partial charge in [0, 0.05) is 11.0 Å². The fraction of sp³-hybridized carbons (Fsp3) is 0.308. The predicted molar refractivity (Wildman–Crippen MR) is 129 cm³/mol. The molecule has 0 saturated heterocycles. The fourth-order valence-corrected chi connectivity index (χ4v) is 3.87. The Balaban J connectivity index is 1.62. The molecule has 0 radical (unpaired) electrons. The van der Waals surface area contributed by atoms with Crippen molar-refractivity contribution in [2.24, 2.45) is 0 Å². The maximum atomic E-state index is 6.09. The molecule has 0 aliphatic heterocycles. The summed E-state index contributed by atoms with van der Waals surface area (Å²) in [5, 5.41) is 3.51. The first kappa shape index (κ1) is 23.2. The van der Waals surface area contributed by atoms with E-state index in [0.717, 1.165) is 52.4 Å². The highest BCUT2D eigenvalue weighted by Crippen LogP contribution is 2.34. The van der Waals surface area contributed by atoms with Crippen LogP contribution in [0.2, 0.25) is 0 Å². The van der Waals surface area contributed by atoms with Gasteiger partial charge < -0.3 is 19.5 Å². The maximum absolute atomic E-state index is 6.09. The average Bonchev–Trinajstić information content (AvgIpc) is 2.77. The Hall–Kier alpha value is -2.50. The van der Waals surface area contributed by atoms with E-state index in [1.54, 1.807) is 7.11 Å². The van der Waals surface area contributed by atoms with Crippen molar-refractivity contribution in [2.75, 3.05) is 20.3 Å². The van der Waals surface area contributed by atoms with Gasteiger partial charge in [-0.3, -0.25) is 0 Å². The molecule has 0 amide bonds. The zero-order chi connectivity index (χ0) is 22.1. The van der Waals surface area contributed by atoms with Gasteiger partial charge in [0.25, 0.3) is 0 Å². The van der Waals surface area contributed by atoms with Gasteiger partial charge in [0.15, 0.2) is 11.5 Å². The lowest BCUT2D eigenvalue weighted by Crippen LogP contribution is -2.17. The van der Waals surface area contributed by atoms with Crippen molar-refractivity contribution in [3.8, 4) is 17.2 Å². The number of benzene rings is 3. The van der Waals surface area contributed by atoms with Gasteiger partial charge in [-0.2, -0.15) is 0 Å². The normalized spacial score (nSPS) is 10.7. The second kappa shape index (κ2) is 11.8. The van der Waals surface area contributed by atoms with Crippen LogP contribution in [0.25, 0.3) is 0 Å². The van der Waals surface area contributed by atoms with Gasteiger partial charge in [-0.05, 0) is 61.7 Å². The highest BCUT2D eigenvalue weighted by atomic mass is 79.9. The smallest absolute Gasteiger partial charge is 0.162 e. The van der Waals surface area contributed by atoms with Crippen molar-refractivity contribution in [3.63, 3.8) is 0 Å². The van der Waals surface area contributed by atoms with Crippen LogP contribution < -0.4 is 19.5 Å². The molecule has 0 fully saturated rings. The number of halogens is 1. The monoisotopic (exact) mass is 483 g/mol. The SMILES string of the molecule is CCOc1cc(CNCCc2ccccc2OC)c(Br)cc1OCc1cccc(C)c1. The molecule has 164 valence electrons. The summed E-state index contributed by atoms with van der Waals surface area (Å²) >= 11 is 3.69. The Morgan fingerprint density at radius 1 is 0.871 bits per heavy atom. The number of ether oxygens (including phenoxy) is 3. The third kappa shape index (κ3) is 6.74. The minimum absolute atomic E-state index is 0.505. The molecule has 0 heterocycles. The van der Waals surface area contributed by atoms with Crippen LogP contribution in [0.3, 0.4) is 0 Å². The summed E-state index contributed by atoms with van der Waals surface area (Å²) in [5.41, 5.74) is 4.69. The Morgan fingerprint density at radius 2 is 1.68 bits per heavy atom. The van der Waals surface area contributed by atoms with E-state index >= 15 is 0 Å². The predicted octanol–water partition coefficient (Wildman–Crippen LogP) is 6.08. The lowest BCUT2D eigenvalue weighted by Gasteiger charge is -2.16. The van der Waals surface area contributed by atoms with Crippen molar-refractivity contribution in [1.29, 1.82) is 0 Å². The average molecular weight is 484 g/mol. The first-order valence-corrected chi connectivity index (χ1v) is 11.4. The van der Waals surface area contributed by atoms with E-state index in [1.165, 1.54) is 11.1 Å². The van der Waals surface area contributed by atoms with Gasteiger partial charge in [-0.25, -0.2) is 0 Å². The molecule has 5 heteroatoms. The quantitative estimate of drug-likeness (QED) is 0.335. The van der Waals surface area contributed by atoms with Gasteiger partial charge in [0.1, 0.15) is 12.4 Å². The second-order valence-electron chi connectivity index (χ2n) is 7.34. The molecule has 0 unspecified atom stereocenters. The number of nitrogens with one attached hydrogen (secondary N) is 1. The summed E-state index contributed by atoms with van der Waals surface area (Å²) in [7, 11) is 1.71. The fourth-order valence-electron chi connectivity index (χ4n) is 3.41. The highest BCUT2D eigenvalue weighted by Gasteiger charge is 2.12. The van der Waals surface area contributed by atoms with Crippen molar-refractivity contribution >= 4 is 15.9 Å². The summed E-state index contributed by atoms with van der Waals surface area (Å²) < 4.78 is 18.4. The third-order valence-corrected chi connectivity index (χ3v) is 5.71. The number of hydrogen-bond donors (Lipinski definition) is 1. The first-order valence-electron chi connectivity index (χ1n) is 10.6. The van der Waals surface area contributed by atoms with Crippen LogP contribution >= 0.6 is 15.9 Å². The zero-order valence-electron chi connectivity index (χ0n) is 18.4. The molecule has 0 spiro atoms. The molecule has 3 aromatic carbocycles. The van der Waals surface area contributed by atoms with Gasteiger partial charge in [0.05, 0.1) is 13.7 Å². The van der Waals surface area contributed by atoms with Gasteiger partial charge in [0.2, 0.25) is 0 Å². The molecular weight excluding hydrogens is 454 g/mol. The molecule has 0 saturated carbocycles. The van der Waals surface area contributed by atoms with E-state index in [1.807, 2.05) is 37.3 Å². The minimum atomic E-state index is 0.505. The first-order chi connectivity index (χ1) is 15.1. The maximum Gasteiger partial charge on any atom is 0.162 e. The van der Waals surface area contributed by atoms with Gasteiger partial charge >= 0.3 is 0 Å². The molecule has 0 bridgehead atoms. The summed E-state index contributed by atoms with van der Waals surface area (Å²) in [5.74, 6) is 2.44. The topological polar surface area (TPSA) is 39.7 Å². The van der Waals surface area contributed by atoms with E-state index in [9.17, 15) is 0 Å². The number of para-hydroxylation sites is 1. The van der Waals surface area contributed by atoms with E-state index < -0.39 is 0 Å². The van der Waals surface area contributed by atoms with Crippen LogP contribution in [0.1, 0.15) is 29.2 Å². The number of hydrogen-bond acceptors (Lipinski definition) is 4. The summed E-state index contributed by atoms with van der Waals surface area (Å²) in [6, 6.07) is 20.5. The molecule has 3 rings (SSSR count). The van der Waals surface area contributed by atoms with E-state index in [4.69, 9.17) is 14.2 Å². The minimum Gasteiger partial charge on any atom is -0.496 e. The molecule has 0 aromatic heterocycles. The van der Waals surface area contributed by atoms with Crippen LogP contribution in [-0.2, 0) is 19.6 Å². The Kier molecular flexibility index (Phi) is 8.80. The van der Waals surface area contributed by atoms with Crippen LogP contribution in [0.4, 0.5) is 0 Å². The Bertz CT molecular complexity index is 990. The molecule has 3 aromatic rings. The highest BCUT2D eigenvalue weighted by molar-refractivity contribution is 9.10. The molecular formula is C26H30BrNO3. The molecule has 0 aliphatic rings. The van der Waals surface area contributed by atoms with E-state index in [2.05, 4.69) is 58.5 Å². The zero-order valence-corrected chi connectivity index (χ0v) is 20.0. The Labute approximate surface area is 193 Å². The summed E-state index contributed by atoms with van der Waals surface area (Å²) in [6.45, 7) is 6.74. The second-order valence-corrected chi connectivity index (χ2v) is 8.19. The molecule has 1 N–H and O–H groups in total. The largest absolute Gasteiger partial charge is 0.496 e. The standard InChI is InChI=1S/C26H30BrNO3/c1-4-30-25-15-22(17-28-13-12-21-10-5-6-11-24(21)29-3)23(27)16-26(25)31-18-20-9-7-8-19(2)14-20/h5-11,14-16,28H,4,12-13,17-18H2,1-3H3. The van der Waals surface area contributed by atoms with Gasteiger partial charge in [-0.1, -0.05) is 64.0 Å². The molecule has 4 nitrogen and oxygen atoms in total. The number of methoxy groups -OCH3 is 1. The van der Waals surface area contributed by atoms with Crippen molar-refractivity contribution in [3.05, 3.63) is 87.4 Å². The lowest BCUT2D eigenvalue weighted by atomic mass is 10.1. The summed E-state index contributed by atoms with van der Waals surface area (Å²) in [4.78, 5) is 0. The van der Waals surface area contributed by atoms with Crippen LogP contribution in [0.5, 0.6) is 17.2 Å². The third-order valence-electron chi connectivity index (χ3n) is 4.97. The molecule has 0 atom stereocenters. The van der Waals surface area contributed by atoms with Crippen molar-refractivity contribution in [2.45, 2.75) is 33.4 Å². The van der Waals surface area contributed by atoms with E-state index in [0.29, 0.717) is 13.2 Å².